The second-order valence-corrected chi connectivity index (χ2v) is 0.500. The van der Waals surface area contributed by atoms with Crippen LogP contribution in [0.5, 0.6) is 0 Å². The largest absolute Gasteiger partial charge is 0.455 e. The predicted molar refractivity (Wildman–Crippen MR) is 22.1 cm³/mol. The van der Waals surface area contributed by atoms with Crippen molar-refractivity contribution in [2.45, 2.75) is 0 Å². The summed E-state index contributed by atoms with van der Waals surface area (Å²) in [5.41, 5.74) is 0. The molecule has 0 saturated heterocycles. The van der Waals surface area contributed by atoms with Gasteiger partial charge < -0.3 is 0 Å². The van der Waals surface area contributed by atoms with Gasteiger partial charge in [0.25, 0.3) is 0 Å². The van der Waals surface area contributed by atoms with Crippen LogP contribution in [0.1, 0.15) is 0 Å². The summed E-state index contributed by atoms with van der Waals surface area (Å²) < 4.78 is 16.7. The topological polar surface area (TPSA) is 34.1 Å². The third kappa shape index (κ3) is 10500. The smallest absolute Gasteiger partial charge is 0.197 e. The van der Waals surface area contributed by atoms with Crippen LogP contribution in [0.2, 0.25) is 0 Å². The molecule has 0 aliphatic heterocycles. The molecule has 0 aromatic heterocycles. The zero-order valence-electron chi connectivity index (χ0n) is 2.63. The van der Waals surface area contributed by atoms with Gasteiger partial charge in [-0.05, 0) is 0 Å². The maximum Gasteiger partial charge on any atom is 0.455 e. The lowest BCUT2D eigenvalue weighted by atomic mass is 12.0. The van der Waals surface area contributed by atoms with Crippen LogP contribution in [0, 0.1) is 0 Å². The van der Waals surface area contributed by atoms with Gasteiger partial charge in [-0.25, -0.2) is 0 Å². The average Bonchev–Trinajstić information content (AvgIpc) is 1.46. The molecule has 0 aromatic carbocycles. The lowest BCUT2D eigenvalue weighted by Gasteiger charge is -0.931. The number of hydrogen-bond donors (Lipinski definition) is 0. The Hall–Kier alpha value is 0.0400. The van der Waals surface area contributed by atoms with Crippen LogP contribution in [-0.4, -0.2) is 10.5 Å². The van der Waals surface area contributed by atoms with Gasteiger partial charge in [0.2, 0.25) is 6.26 Å². The highest BCUT2D eigenvalue weighted by atomic mass is 32.1. The molecule has 0 spiro atoms. The van der Waals surface area contributed by atoms with Crippen molar-refractivity contribution in [3.8, 4) is 0 Å². The van der Waals surface area contributed by atoms with Crippen LogP contribution >= 0.6 is 0 Å². The lowest BCUT2D eigenvalue weighted by Crippen LogP contribution is -1.32. The fourth-order valence-corrected chi connectivity index (χ4v) is 0. The molecule has 5 heavy (non-hydrogen) atoms. The fraction of sp³-hybridized carbons (Fsp3) is 1.00. The van der Waals surface area contributed by atoms with Crippen molar-refractivity contribution in [2.24, 2.45) is 0 Å². The normalized spacial score (nSPS) is 3.40. The molecule has 0 saturated carbocycles. The van der Waals surface area contributed by atoms with Crippen LogP contribution in [0.15, 0.2) is 0 Å². The van der Waals surface area contributed by atoms with E-state index in [1.807, 2.05) is 0 Å². The van der Waals surface area contributed by atoms with E-state index in [0.717, 1.165) is 0 Å². The quantitative estimate of drug-likeness (QED) is 0.403. The molecule has 0 amide bonds. The highest BCUT2D eigenvalue weighted by Gasteiger charge is 1.54. The second kappa shape index (κ2) is 34.5. The van der Waals surface area contributed by atoms with Crippen LogP contribution < -0.4 is 0 Å². The first kappa shape index (κ1) is 8.90. The van der Waals surface area contributed by atoms with Gasteiger partial charge in [-0.2, -0.15) is 4.21 Å². The standard InChI is InChI=1S/CH3OS.OS/c1-3-2;1-2/h1H3;/q+1;. The molecule has 30 valence electrons. The lowest BCUT2D eigenvalue weighted by molar-refractivity contribution is 0.607. The monoisotopic (exact) mass is 111 g/mol. The molecule has 0 atom stereocenters. The van der Waals surface area contributed by atoms with E-state index in [-0.39, 0.29) is 0 Å². The minimum absolute atomic E-state index is 0.500. The van der Waals surface area contributed by atoms with E-state index < -0.39 is 0 Å². The second-order valence-electron chi connectivity index (χ2n) is 0.167. The molecule has 0 fully saturated rings. The summed E-state index contributed by atoms with van der Waals surface area (Å²) in [5.74, 6) is 0. The summed E-state index contributed by atoms with van der Waals surface area (Å²) >= 11 is 3.33. The molecule has 0 bridgehead atoms. The molecule has 0 rings (SSSR count). The molecule has 0 radical (unpaired) electrons. The van der Waals surface area contributed by atoms with Crippen molar-refractivity contribution in [3.05, 3.63) is 0 Å². The van der Waals surface area contributed by atoms with Gasteiger partial charge in [-0.15, -0.1) is 0 Å². The van der Waals surface area contributed by atoms with Crippen molar-refractivity contribution in [3.63, 3.8) is 0 Å². The van der Waals surface area contributed by atoms with Gasteiger partial charge in [-0.3, -0.25) is 0 Å². The predicted octanol–water partition coefficient (Wildman–Crippen LogP) is -0.292. The van der Waals surface area contributed by atoms with E-state index in [4.69, 9.17) is 8.42 Å². The highest BCUT2D eigenvalue weighted by molar-refractivity contribution is 7.64. The third-order valence-electron chi connectivity index (χ3n) is 0. The Kier molecular flexibility index (Phi) is 61.5. The molecule has 0 aromatic rings. The molecular formula is CH3O2S2+. The van der Waals surface area contributed by atoms with Crippen LogP contribution in [0.3, 0.4) is 0 Å². The summed E-state index contributed by atoms with van der Waals surface area (Å²) in [6.07, 6.45) is 1.49. The molecule has 0 aliphatic rings. The number of hydrogen-bond acceptors (Lipinski definition) is 3. The Labute approximate surface area is 39.6 Å². The maximum atomic E-state index is 8.85. The van der Waals surface area contributed by atoms with E-state index in [0.29, 0.717) is 11.7 Å². The average molecular weight is 111 g/mol. The summed E-state index contributed by atoms with van der Waals surface area (Å²) in [6, 6.07) is 0. The van der Waals surface area contributed by atoms with Gasteiger partial charge in [0, 0.05) is 4.21 Å². The Balaban J connectivity index is 0. The van der Waals surface area contributed by atoms with Crippen LogP contribution in [-0.2, 0) is 28.4 Å². The fourth-order valence-electron chi connectivity index (χ4n) is 0. The van der Waals surface area contributed by atoms with Crippen molar-refractivity contribution in [1.82, 2.24) is 0 Å². The van der Waals surface area contributed by atoms with Crippen LogP contribution in [0.4, 0.5) is 0 Å². The zero-order valence-corrected chi connectivity index (χ0v) is 4.27. The molecule has 0 N–H and O–H groups in total. The van der Waals surface area contributed by atoms with E-state index in [1.165, 1.54) is 6.26 Å². The minimum atomic E-state index is 0.500. The summed E-state index contributed by atoms with van der Waals surface area (Å²) in [6.45, 7) is 0. The molecular weight excluding hydrogens is 108 g/mol. The Morgan fingerprint density at radius 3 is 1.60 bits per heavy atom. The molecule has 0 aliphatic carbocycles. The first-order chi connectivity index (χ1) is 2.41. The van der Waals surface area contributed by atoms with Gasteiger partial charge in [0.15, 0.2) is 12.5 Å². The van der Waals surface area contributed by atoms with Gasteiger partial charge in [-0.1, -0.05) is 0 Å². The van der Waals surface area contributed by atoms with Gasteiger partial charge >= 0.3 is 11.7 Å². The van der Waals surface area contributed by atoms with E-state index in [1.54, 1.807) is 0 Å². The molecule has 4 heteroatoms. The summed E-state index contributed by atoms with van der Waals surface area (Å²) in [4.78, 5) is 0. The minimum Gasteiger partial charge on any atom is -0.197 e. The Morgan fingerprint density at radius 2 is 1.60 bits per heavy atom. The molecule has 2 nitrogen and oxygen atoms in total. The first-order valence-corrected chi connectivity index (χ1v) is 2.22. The summed E-state index contributed by atoms with van der Waals surface area (Å²) in [5, 5.41) is 0. The Morgan fingerprint density at radius 1 is 1.60 bits per heavy atom. The van der Waals surface area contributed by atoms with E-state index in [9.17, 15) is 0 Å². The maximum absolute atomic E-state index is 8.85. The first-order valence-electron chi connectivity index (χ1n) is 0.742. The van der Waals surface area contributed by atoms with E-state index >= 15 is 0 Å². The van der Waals surface area contributed by atoms with E-state index in [2.05, 4.69) is 12.5 Å². The number of rotatable bonds is 0. The van der Waals surface area contributed by atoms with Crippen molar-refractivity contribution >= 4 is 24.2 Å². The Bertz CT molecular complexity index is 21.6. The molecule has 0 heterocycles. The van der Waals surface area contributed by atoms with Gasteiger partial charge in [0.1, 0.15) is 0 Å². The molecule has 0 unspecified atom stereocenters. The summed E-state index contributed by atoms with van der Waals surface area (Å²) in [7, 11) is 0. The van der Waals surface area contributed by atoms with Crippen LogP contribution in [0.25, 0.3) is 0 Å². The zero-order chi connectivity index (χ0) is 4.71. The van der Waals surface area contributed by atoms with Gasteiger partial charge in [0.05, 0.1) is 0 Å². The van der Waals surface area contributed by atoms with Crippen molar-refractivity contribution < 1.29 is 8.42 Å². The van der Waals surface area contributed by atoms with Crippen molar-refractivity contribution in [1.29, 1.82) is 0 Å². The highest BCUT2D eigenvalue weighted by Crippen LogP contribution is 1.14. The SMILES string of the molecule is C[S+]=O.O=S. The third-order valence-corrected chi connectivity index (χ3v) is 0. The van der Waals surface area contributed by atoms with Crippen molar-refractivity contribution in [2.75, 3.05) is 6.26 Å².